The first-order chi connectivity index (χ1) is 7.34. The number of aliphatic carboxylic acids is 1. The number of rotatable bonds is 4. The van der Waals surface area contributed by atoms with E-state index in [1.807, 2.05) is 6.92 Å². The Bertz CT molecular complexity index is 412. The largest absolute Gasteiger partial charge is 0.480 e. The summed E-state index contributed by atoms with van der Waals surface area (Å²) < 4.78 is 0. The van der Waals surface area contributed by atoms with Crippen LogP contribution in [0, 0.1) is 12.3 Å². The van der Waals surface area contributed by atoms with Crippen molar-refractivity contribution in [3.8, 4) is 0 Å². The van der Waals surface area contributed by atoms with Crippen LogP contribution in [0.5, 0.6) is 0 Å². The van der Waals surface area contributed by atoms with E-state index in [1.165, 1.54) is 25.2 Å². The van der Waals surface area contributed by atoms with Gasteiger partial charge < -0.3 is 10.4 Å². The third-order valence-electron chi connectivity index (χ3n) is 2.19. The summed E-state index contributed by atoms with van der Waals surface area (Å²) in [6.45, 7) is 4.95. The number of thiazole rings is 1. The molecule has 1 aromatic rings. The molecule has 0 fully saturated rings. The number of hydrogen-bond acceptors (Lipinski definition) is 4. The molecule has 1 aromatic heterocycles. The topological polar surface area (TPSA) is 79.3 Å². The van der Waals surface area contributed by atoms with Crippen molar-refractivity contribution in [2.45, 2.75) is 27.3 Å². The highest BCUT2D eigenvalue weighted by Gasteiger charge is 2.35. The van der Waals surface area contributed by atoms with E-state index in [-0.39, 0.29) is 0 Å². The lowest BCUT2D eigenvalue weighted by molar-refractivity contribution is -0.153. The van der Waals surface area contributed by atoms with Crippen molar-refractivity contribution in [2.75, 3.05) is 0 Å². The molecule has 0 aliphatic rings. The highest BCUT2D eigenvalue weighted by atomic mass is 32.1. The van der Waals surface area contributed by atoms with Crippen LogP contribution in [0.25, 0.3) is 0 Å². The van der Waals surface area contributed by atoms with E-state index in [0.29, 0.717) is 6.54 Å². The molecule has 0 spiro atoms. The third kappa shape index (κ3) is 2.79. The zero-order valence-electron chi connectivity index (χ0n) is 9.40. The number of carboxylic acids is 1. The van der Waals surface area contributed by atoms with Crippen LogP contribution in [0.4, 0.5) is 0 Å². The van der Waals surface area contributed by atoms with Gasteiger partial charge in [0.2, 0.25) is 5.91 Å². The molecule has 0 atom stereocenters. The van der Waals surface area contributed by atoms with Gasteiger partial charge in [0.25, 0.3) is 0 Å². The van der Waals surface area contributed by atoms with Gasteiger partial charge in [-0.15, -0.1) is 11.3 Å². The number of aromatic nitrogens is 1. The number of carbonyl (C=O) groups excluding carboxylic acids is 1. The molecule has 1 amide bonds. The molecule has 1 rings (SSSR count). The zero-order valence-corrected chi connectivity index (χ0v) is 10.2. The van der Waals surface area contributed by atoms with Crippen LogP contribution in [-0.4, -0.2) is 22.0 Å². The fourth-order valence-electron chi connectivity index (χ4n) is 0.973. The summed E-state index contributed by atoms with van der Waals surface area (Å²) in [5, 5.41) is 12.3. The number of carboxylic acid groups (broad SMARTS) is 1. The Labute approximate surface area is 97.5 Å². The molecule has 0 saturated heterocycles. The van der Waals surface area contributed by atoms with E-state index >= 15 is 0 Å². The van der Waals surface area contributed by atoms with E-state index in [4.69, 9.17) is 5.11 Å². The first kappa shape index (κ1) is 12.6. The summed E-state index contributed by atoms with van der Waals surface area (Å²) in [4.78, 5) is 27.3. The molecule has 16 heavy (non-hydrogen) atoms. The Morgan fingerprint density at radius 2 is 2.19 bits per heavy atom. The molecule has 88 valence electrons. The standard InChI is InChI=1S/C10H14N2O3S/c1-6-11-4-7(16-6)5-12-8(13)10(2,3)9(14)15/h4H,5H2,1-3H3,(H,12,13)(H,14,15). The third-order valence-corrected chi connectivity index (χ3v) is 3.11. The fourth-order valence-corrected chi connectivity index (χ4v) is 1.71. The number of nitrogens with one attached hydrogen (secondary N) is 1. The minimum absolute atomic E-state index is 0.320. The normalized spacial score (nSPS) is 11.2. The van der Waals surface area contributed by atoms with Crippen LogP contribution in [0.15, 0.2) is 6.20 Å². The monoisotopic (exact) mass is 242 g/mol. The quantitative estimate of drug-likeness (QED) is 0.777. The molecule has 0 bridgehead atoms. The molecular formula is C10H14N2O3S. The molecule has 1 heterocycles. The van der Waals surface area contributed by atoms with Gasteiger partial charge in [0.1, 0.15) is 5.41 Å². The summed E-state index contributed by atoms with van der Waals surface area (Å²) in [6, 6.07) is 0. The van der Waals surface area contributed by atoms with E-state index in [9.17, 15) is 9.59 Å². The molecule has 6 heteroatoms. The van der Waals surface area contributed by atoms with Crippen LogP contribution in [0.3, 0.4) is 0 Å². The molecule has 5 nitrogen and oxygen atoms in total. The van der Waals surface area contributed by atoms with E-state index in [1.54, 1.807) is 6.20 Å². The summed E-state index contributed by atoms with van der Waals surface area (Å²) in [7, 11) is 0. The second kappa shape index (κ2) is 4.61. The number of nitrogens with zero attached hydrogens (tertiary/aromatic N) is 1. The average Bonchev–Trinajstić information content (AvgIpc) is 2.60. The van der Waals surface area contributed by atoms with E-state index < -0.39 is 17.3 Å². The summed E-state index contributed by atoms with van der Waals surface area (Å²) in [5.41, 5.74) is -1.40. The predicted molar refractivity (Wildman–Crippen MR) is 60.1 cm³/mol. The SMILES string of the molecule is Cc1ncc(CNC(=O)C(C)(C)C(=O)O)s1. The van der Waals surface area contributed by atoms with Crippen molar-refractivity contribution in [1.82, 2.24) is 10.3 Å². The Morgan fingerprint density at radius 1 is 1.56 bits per heavy atom. The van der Waals surface area contributed by atoms with Crippen LogP contribution in [0.2, 0.25) is 0 Å². The Hall–Kier alpha value is -1.43. The van der Waals surface area contributed by atoms with Crippen LogP contribution in [0.1, 0.15) is 23.7 Å². The van der Waals surface area contributed by atoms with Gasteiger partial charge in [-0.05, 0) is 20.8 Å². The molecule has 0 radical (unpaired) electrons. The minimum Gasteiger partial charge on any atom is -0.480 e. The van der Waals surface area contributed by atoms with Gasteiger partial charge in [-0.25, -0.2) is 4.98 Å². The molecule has 0 aliphatic carbocycles. The lowest BCUT2D eigenvalue weighted by Crippen LogP contribution is -2.41. The summed E-state index contributed by atoms with van der Waals surface area (Å²) in [5.74, 6) is -1.63. The van der Waals surface area contributed by atoms with Crippen molar-refractivity contribution < 1.29 is 14.7 Å². The van der Waals surface area contributed by atoms with E-state index in [2.05, 4.69) is 10.3 Å². The molecular weight excluding hydrogens is 228 g/mol. The van der Waals surface area contributed by atoms with Crippen molar-refractivity contribution in [3.05, 3.63) is 16.1 Å². The van der Waals surface area contributed by atoms with Crippen molar-refractivity contribution in [3.63, 3.8) is 0 Å². The zero-order chi connectivity index (χ0) is 12.3. The Balaban J connectivity index is 2.56. The molecule has 0 aromatic carbocycles. The highest BCUT2D eigenvalue weighted by molar-refractivity contribution is 7.11. The van der Waals surface area contributed by atoms with Crippen molar-refractivity contribution in [2.24, 2.45) is 5.41 Å². The molecule has 2 N–H and O–H groups in total. The van der Waals surface area contributed by atoms with Crippen LogP contribution in [-0.2, 0) is 16.1 Å². The van der Waals surface area contributed by atoms with Gasteiger partial charge in [-0.1, -0.05) is 0 Å². The van der Waals surface area contributed by atoms with E-state index in [0.717, 1.165) is 9.88 Å². The molecule has 0 aliphatic heterocycles. The van der Waals surface area contributed by atoms with Gasteiger partial charge in [0.05, 0.1) is 11.6 Å². The second-order valence-electron chi connectivity index (χ2n) is 3.96. The van der Waals surface area contributed by atoms with Crippen LogP contribution >= 0.6 is 11.3 Å². The van der Waals surface area contributed by atoms with Crippen LogP contribution < -0.4 is 5.32 Å². The van der Waals surface area contributed by atoms with Gasteiger partial charge in [0, 0.05) is 11.1 Å². The predicted octanol–water partition coefficient (Wildman–Crippen LogP) is 1.18. The van der Waals surface area contributed by atoms with Crippen molar-refractivity contribution >= 4 is 23.2 Å². The number of amides is 1. The van der Waals surface area contributed by atoms with Gasteiger partial charge in [0.15, 0.2) is 0 Å². The maximum Gasteiger partial charge on any atom is 0.318 e. The van der Waals surface area contributed by atoms with Gasteiger partial charge >= 0.3 is 5.97 Å². The second-order valence-corrected chi connectivity index (χ2v) is 5.28. The maximum atomic E-state index is 11.6. The van der Waals surface area contributed by atoms with Gasteiger partial charge in [-0.2, -0.15) is 0 Å². The highest BCUT2D eigenvalue weighted by Crippen LogP contribution is 2.16. The lowest BCUT2D eigenvalue weighted by atomic mass is 9.93. The Morgan fingerprint density at radius 3 is 2.62 bits per heavy atom. The molecule has 0 unspecified atom stereocenters. The first-order valence-electron chi connectivity index (χ1n) is 4.77. The van der Waals surface area contributed by atoms with Gasteiger partial charge in [-0.3, -0.25) is 9.59 Å². The number of hydrogen-bond donors (Lipinski definition) is 2. The maximum absolute atomic E-state index is 11.6. The lowest BCUT2D eigenvalue weighted by Gasteiger charge is -2.17. The smallest absolute Gasteiger partial charge is 0.318 e. The fraction of sp³-hybridized carbons (Fsp3) is 0.500. The summed E-state index contributed by atoms with van der Waals surface area (Å²) >= 11 is 1.48. The first-order valence-corrected chi connectivity index (χ1v) is 5.58. The van der Waals surface area contributed by atoms with Crippen molar-refractivity contribution in [1.29, 1.82) is 0 Å². The number of carbonyl (C=O) groups is 2. The average molecular weight is 242 g/mol. The Kier molecular flexibility index (Phi) is 3.64. The minimum atomic E-state index is -1.40. The molecule has 0 saturated carbocycles. The number of aryl methyl sites for hydroxylation is 1. The summed E-state index contributed by atoms with van der Waals surface area (Å²) in [6.07, 6.45) is 1.67.